The van der Waals surface area contributed by atoms with Crippen LogP contribution in [0.1, 0.15) is 65.0 Å². The Bertz CT molecular complexity index is 933. The first kappa shape index (κ1) is 26.3. The van der Waals surface area contributed by atoms with Crippen LogP contribution in [0.25, 0.3) is 0 Å². The molecule has 1 aliphatic rings. The first-order valence-electron chi connectivity index (χ1n) is 12.7. The van der Waals surface area contributed by atoms with Gasteiger partial charge in [0, 0.05) is 32.1 Å². The van der Waals surface area contributed by atoms with Crippen molar-refractivity contribution in [1.29, 1.82) is 0 Å². The Labute approximate surface area is 203 Å². The third-order valence-electron chi connectivity index (χ3n) is 7.22. The fourth-order valence-electron chi connectivity index (χ4n) is 5.12. The van der Waals surface area contributed by atoms with E-state index in [2.05, 4.69) is 23.7 Å². The van der Waals surface area contributed by atoms with E-state index in [1.807, 2.05) is 6.92 Å². The Morgan fingerprint density at radius 3 is 2.50 bits per heavy atom. The number of carbonyl (C=O) groups is 1. The predicted molar refractivity (Wildman–Crippen MR) is 134 cm³/mol. The van der Waals surface area contributed by atoms with E-state index in [1.165, 1.54) is 12.1 Å². The maximum absolute atomic E-state index is 14.6. The van der Waals surface area contributed by atoms with Crippen molar-refractivity contribution in [3.63, 3.8) is 0 Å². The van der Waals surface area contributed by atoms with E-state index in [4.69, 9.17) is 0 Å². The lowest BCUT2D eigenvalue weighted by molar-refractivity contribution is -0.118. The van der Waals surface area contributed by atoms with Gasteiger partial charge < -0.3 is 9.80 Å². The van der Waals surface area contributed by atoms with E-state index >= 15 is 0 Å². The van der Waals surface area contributed by atoms with E-state index in [0.717, 1.165) is 51.7 Å². The number of benzene rings is 1. The number of rotatable bonds is 8. The van der Waals surface area contributed by atoms with Gasteiger partial charge in [-0.25, -0.2) is 8.78 Å². The SMILES string of the molecule is CCC(=O)N(CC(C)(C)C1CCCCN(CCc2ncccc2F)CCC1)c1ccccc1F. The van der Waals surface area contributed by atoms with E-state index in [0.29, 0.717) is 36.7 Å². The molecule has 0 spiro atoms. The molecule has 0 bridgehead atoms. The van der Waals surface area contributed by atoms with Crippen LogP contribution in [0, 0.1) is 23.0 Å². The Kier molecular flexibility index (Phi) is 9.57. The first-order valence-corrected chi connectivity index (χ1v) is 12.7. The highest BCUT2D eigenvalue weighted by Crippen LogP contribution is 2.37. The van der Waals surface area contributed by atoms with Crippen molar-refractivity contribution in [3.05, 3.63) is 59.9 Å². The van der Waals surface area contributed by atoms with Crippen LogP contribution in [0.4, 0.5) is 14.5 Å². The molecule has 0 aliphatic carbocycles. The second-order valence-electron chi connectivity index (χ2n) is 10.1. The second-order valence-corrected chi connectivity index (χ2v) is 10.1. The molecule has 4 nitrogen and oxygen atoms in total. The normalized spacial score (nSPS) is 18.1. The molecule has 1 aromatic heterocycles. The highest BCUT2D eigenvalue weighted by atomic mass is 19.1. The molecule has 1 unspecified atom stereocenters. The number of nitrogens with zero attached hydrogens (tertiary/aromatic N) is 3. The molecular weight excluding hydrogens is 432 g/mol. The van der Waals surface area contributed by atoms with Gasteiger partial charge >= 0.3 is 0 Å². The lowest BCUT2D eigenvalue weighted by Crippen LogP contribution is -2.42. The molecule has 0 N–H and O–H groups in total. The minimum Gasteiger partial charge on any atom is -0.309 e. The highest BCUT2D eigenvalue weighted by molar-refractivity contribution is 5.93. The van der Waals surface area contributed by atoms with Crippen molar-refractivity contribution >= 4 is 11.6 Å². The fourth-order valence-corrected chi connectivity index (χ4v) is 5.12. The number of amides is 1. The summed E-state index contributed by atoms with van der Waals surface area (Å²) >= 11 is 0. The number of pyridine rings is 1. The van der Waals surface area contributed by atoms with Crippen LogP contribution in [0.15, 0.2) is 42.6 Å². The van der Waals surface area contributed by atoms with Crippen molar-refractivity contribution in [3.8, 4) is 0 Å². The Hall–Kier alpha value is -2.34. The maximum Gasteiger partial charge on any atom is 0.226 e. The summed E-state index contributed by atoms with van der Waals surface area (Å²) in [4.78, 5) is 21.0. The van der Waals surface area contributed by atoms with Crippen molar-refractivity contribution < 1.29 is 13.6 Å². The van der Waals surface area contributed by atoms with Gasteiger partial charge in [0.05, 0.1) is 11.4 Å². The minimum absolute atomic E-state index is 0.0471. The molecule has 1 fully saturated rings. The number of anilines is 1. The molecule has 3 rings (SSSR count). The summed E-state index contributed by atoms with van der Waals surface area (Å²) in [6.45, 7) is 9.57. The number of aromatic nitrogens is 1. The first-order chi connectivity index (χ1) is 16.3. The van der Waals surface area contributed by atoms with Crippen molar-refractivity contribution in [2.75, 3.05) is 31.1 Å². The smallest absolute Gasteiger partial charge is 0.226 e. The van der Waals surface area contributed by atoms with Gasteiger partial charge in [0.2, 0.25) is 5.91 Å². The molecule has 34 heavy (non-hydrogen) atoms. The molecule has 0 radical (unpaired) electrons. The molecule has 2 heterocycles. The number of hydrogen-bond donors (Lipinski definition) is 0. The minimum atomic E-state index is -0.352. The molecule has 186 valence electrons. The van der Waals surface area contributed by atoms with Gasteiger partial charge in [-0.3, -0.25) is 9.78 Å². The highest BCUT2D eigenvalue weighted by Gasteiger charge is 2.34. The molecule has 1 aliphatic heterocycles. The van der Waals surface area contributed by atoms with Crippen LogP contribution >= 0.6 is 0 Å². The largest absolute Gasteiger partial charge is 0.309 e. The predicted octanol–water partition coefficient (Wildman–Crippen LogP) is 6.25. The number of hydrogen-bond acceptors (Lipinski definition) is 3. The zero-order valence-electron chi connectivity index (χ0n) is 20.9. The summed E-state index contributed by atoms with van der Waals surface area (Å²) in [5.41, 5.74) is 0.771. The Morgan fingerprint density at radius 1 is 1.06 bits per heavy atom. The third-order valence-corrected chi connectivity index (χ3v) is 7.22. The van der Waals surface area contributed by atoms with Crippen molar-refractivity contribution in [2.45, 2.75) is 65.7 Å². The van der Waals surface area contributed by atoms with E-state index in [9.17, 15) is 13.6 Å². The summed E-state index contributed by atoms with van der Waals surface area (Å²) in [6.07, 6.45) is 8.05. The van der Waals surface area contributed by atoms with Crippen LogP contribution in [0.3, 0.4) is 0 Å². The van der Waals surface area contributed by atoms with Gasteiger partial charge in [0.25, 0.3) is 0 Å². The summed E-state index contributed by atoms with van der Waals surface area (Å²) in [6, 6.07) is 9.66. The van der Waals surface area contributed by atoms with Crippen LogP contribution in [-0.4, -0.2) is 42.0 Å². The van der Waals surface area contributed by atoms with Crippen molar-refractivity contribution in [1.82, 2.24) is 9.88 Å². The summed E-state index contributed by atoms with van der Waals surface area (Å²) in [7, 11) is 0. The number of carbonyl (C=O) groups excluding carboxylic acids is 1. The van der Waals surface area contributed by atoms with Gasteiger partial charge in [0.15, 0.2) is 0 Å². The van der Waals surface area contributed by atoms with Crippen LogP contribution in [-0.2, 0) is 11.2 Å². The van der Waals surface area contributed by atoms with Gasteiger partial charge in [-0.2, -0.15) is 0 Å². The quantitative estimate of drug-likeness (QED) is 0.456. The van der Waals surface area contributed by atoms with Gasteiger partial charge in [0.1, 0.15) is 11.6 Å². The molecule has 1 aromatic carbocycles. The van der Waals surface area contributed by atoms with E-state index < -0.39 is 0 Å². The summed E-state index contributed by atoms with van der Waals surface area (Å²) in [5, 5.41) is 0. The molecule has 1 saturated heterocycles. The zero-order chi connectivity index (χ0) is 24.6. The van der Waals surface area contributed by atoms with Gasteiger partial charge in [-0.15, -0.1) is 0 Å². The molecule has 6 heteroatoms. The average Bonchev–Trinajstić information content (AvgIpc) is 2.94. The Balaban J connectivity index is 1.63. The van der Waals surface area contributed by atoms with Crippen LogP contribution in [0.2, 0.25) is 0 Å². The maximum atomic E-state index is 14.6. The molecule has 2 aromatic rings. The monoisotopic (exact) mass is 471 g/mol. The molecule has 1 atom stereocenters. The summed E-state index contributed by atoms with van der Waals surface area (Å²) in [5.74, 6) is -0.182. The third kappa shape index (κ3) is 7.08. The second kappa shape index (κ2) is 12.4. The van der Waals surface area contributed by atoms with Crippen molar-refractivity contribution in [2.24, 2.45) is 11.3 Å². The standard InChI is InChI=1S/C28H39F2N3O/c1-4-27(34)33(26-15-6-5-13-24(26)30)21-28(2,3)22-11-7-8-18-32(19-10-12-22)20-16-25-23(29)14-9-17-31-25/h5-6,9,13-15,17,22H,4,7-8,10-12,16,18-21H2,1-3H3. The fraction of sp³-hybridized carbons (Fsp3) is 0.571. The molecule has 1 amide bonds. The average molecular weight is 472 g/mol. The lowest BCUT2D eigenvalue weighted by Gasteiger charge is -2.39. The molecular formula is C28H39F2N3O. The number of halogens is 2. The lowest BCUT2D eigenvalue weighted by atomic mass is 9.73. The Morgan fingerprint density at radius 2 is 1.76 bits per heavy atom. The van der Waals surface area contributed by atoms with Gasteiger partial charge in [-0.05, 0) is 74.4 Å². The van der Waals surface area contributed by atoms with Crippen LogP contribution < -0.4 is 4.90 Å². The van der Waals surface area contributed by atoms with Crippen LogP contribution in [0.5, 0.6) is 0 Å². The zero-order valence-corrected chi connectivity index (χ0v) is 20.9. The van der Waals surface area contributed by atoms with E-state index in [-0.39, 0.29) is 23.0 Å². The van der Waals surface area contributed by atoms with Gasteiger partial charge in [-0.1, -0.05) is 39.3 Å². The number of para-hydroxylation sites is 1. The van der Waals surface area contributed by atoms with E-state index in [1.54, 1.807) is 35.4 Å². The summed E-state index contributed by atoms with van der Waals surface area (Å²) < 4.78 is 28.5. The topological polar surface area (TPSA) is 36.4 Å². The molecule has 0 saturated carbocycles.